The fourth-order valence-corrected chi connectivity index (χ4v) is 3.57. The van der Waals surface area contributed by atoms with Gasteiger partial charge in [0.15, 0.2) is 0 Å². The molecule has 0 saturated heterocycles. The fraction of sp³-hybridized carbons (Fsp3) is 0.118. The molecular formula is C17H18N4O3S. The number of nitrogens with zero attached hydrogens (tertiary/aromatic N) is 2. The monoisotopic (exact) mass is 358 g/mol. The van der Waals surface area contributed by atoms with Crippen LogP contribution in [0.15, 0.2) is 65.8 Å². The number of hydrogen-bond donors (Lipinski definition) is 2. The third-order valence-corrected chi connectivity index (χ3v) is 4.97. The first kappa shape index (κ1) is 16.8. The van der Waals surface area contributed by atoms with E-state index >= 15 is 0 Å². The maximum absolute atomic E-state index is 12.6. The van der Waals surface area contributed by atoms with E-state index < -0.39 is 10.0 Å². The van der Waals surface area contributed by atoms with Crippen LogP contribution in [0.1, 0.15) is 5.56 Å². The van der Waals surface area contributed by atoms with Gasteiger partial charge in [-0.25, -0.2) is 8.42 Å². The zero-order valence-corrected chi connectivity index (χ0v) is 14.4. The number of methoxy groups -OCH3 is 1. The van der Waals surface area contributed by atoms with Gasteiger partial charge in [-0.15, -0.1) is 0 Å². The van der Waals surface area contributed by atoms with E-state index in [0.717, 1.165) is 5.56 Å². The molecule has 0 fully saturated rings. The highest BCUT2D eigenvalue weighted by Gasteiger charge is 2.20. The molecule has 3 N–H and O–H groups in total. The summed E-state index contributed by atoms with van der Waals surface area (Å²) in [4.78, 5) is 0.0139. The van der Waals surface area contributed by atoms with Gasteiger partial charge in [0, 0.05) is 18.0 Å². The van der Waals surface area contributed by atoms with Crippen molar-refractivity contribution >= 4 is 21.4 Å². The average Bonchev–Trinajstić information content (AvgIpc) is 3.01. The Balaban J connectivity index is 1.80. The van der Waals surface area contributed by atoms with Crippen LogP contribution in [0.2, 0.25) is 0 Å². The van der Waals surface area contributed by atoms with Gasteiger partial charge >= 0.3 is 0 Å². The van der Waals surface area contributed by atoms with E-state index in [2.05, 4.69) is 9.82 Å². The first-order chi connectivity index (χ1) is 12.0. The van der Waals surface area contributed by atoms with Crippen LogP contribution in [0.25, 0.3) is 0 Å². The van der Waals surface area contributed by atoms with Crippen LogP contribution < -0.4 is 15.2 Å². The van der Waals surface area contributed by atoms with Crippen LogP contribution >= 0.6 is 0 Å². The SMILES string of the molecule is COc1cc(N)ccc1S(=O)(=O)Nc1cnn(Cc2ccccc2)c1. The van der Waals surface area contributed by atoms with Gasteiger partial charge in [0.25, 0.3) is 10.0 Å². The van der Waals surface area contributed by atoms with Crippen molar-refractivity contribution in [3.8, 4) is 5.75 Å². The van der Waals surface area contributed by atoms with Crippen molar-refractivity contribution in [2.24, 2.45) is 0 Å². The molecule has 3 rings (SSSR count). The molecule has 1 heterocycles. The van der Waals surface area contributed by atoms with Crippen molar-refractivity contribution in [1.82, 2.24) is 9.78 Å². The minimum atomic E-state index is -3.82. The fourth-order valence-electron chi connectivity index (χ4n) is 2.39. The van der Waals surface area contributed by atoms with Gasteiger partial charge in [0.05, 0.1) is 25.5 Å². The van der Waals surface area contributed by atoms with E-state index in [-0.39, 0.29) is 10.6 Å². The number of sulfonamides is 1. The summed E-state index contributed by atoms with van der Waals surface area (Å²) in [5, 5.41) is 4.18. The third-order valence-electron chi connectivity index (χ3n) is 3.55. The molecule has 0 radical (unpaired) electrons. The Hall–Kier alpha value is -3.00. The molecule has 3 aromatic rings. The predicted molar refractivity (Wildman–Crippen MR) is 96.0 cm³/mol. The first-order valence-corrected chi connectivity index (χ1v) is 8.99. The molecule has 2 aromatic carbocycles. The second-order valence-corrected chi connectivity index (χ2v) is 7.08. The molecule has 0 aliphatic heterocycles. The van der Waals surface area contributed by atoms with Crippen LogP contribution in [0.3, 0.4) is 0 Å². The molecule has 0 saturated carbocycles. The number of rotatable bonds is 6. The van der Waals surface area contributed by atoms with Crippen molar-refractivity contribution in [2.45, 2.75) is 11.4 Å². The normalized spacial score (nSPS) is 11.2. The maximum atomic E-state index is 12.6. The number of hydrogen-bond acceptors (Lipinski definition) is 5. The number of nitrogen functional groups attached to an aromatic ring is 1. The highest BCUT2D eigenvalue weighted by atomic mass is 32.2. The summed E-state index contributed by atoms with van der Waals surface area (Å²) in [6.45, 7) is 0.549. The van der Waals surface area contributed by atoms with Gasteiger partial charge in [0.2, 0.25) is 0 Å². The quantitative estimate of drug-likeness (QED) is 0.659. The Labute approximate surface area is 146 Å². The van der Waals surface area contributed by atoms with Crippen molar-refractivity contribution in [3.63, 3.8) is 0 Å². The highest BCUT2D eigenvalue weighted by molar-refractivity contribution is 7.92. The van der Waals surface area contributed by atoms with Gasteiger partial charge in [-0.1, -0.05) is 30.3 Å². The molecule has 0 bridgehead atoms. The standard InChI is InChI=1S/C17H18N4O3S/c1-24-16-9-14(18)7-8-17(16)25(22,23)20-15-10-19-21(12-15)11-13-5-3-2-4-6-13/h2-10,12,20H,11,18H2,1H3. The van der Waals surface area contributed by atoms with Crippen LogP contribution in [-0.2, 0) is 16.6 Å². The zero-order chi connectivity index (χ0) is 17.9. The number of nitrogens with two attached hydrogens (primary N) is 1. The summed E-state index contributed by atoms with van der Waals surface area (Å²) >= 11 is 0. The van der Waals surface area contributed by atoms with E-state index in [9.17, 15) is 8.42 Å². The molecule has 0 atom stereocenters. The largest absolute Gasteiger partial charge is 0.495 e. The lowest BCUT2D eigenvalue weighted by atomic mass is 10.2. The number of anilines is 2. The topological polar surface area (TPSA) is 99.2 Å². The lowest BCUT2D eigenvalue weighted by Gasteiger charge is -2.11. The minimum absolute atomic E-state index is 0.0139. The van der Waals surface area contributed by atoms with Crippen molar-refractivity contribution < 1.29 is 13.2 Å². The van der Waals surface area contributed by atoms with Crippen molar-refractivity contribution in [1.29, 1.82) is 0 Å². The lowest BCUT2D eigenvalue weighted by Crippen LogP contribution is -2.14. The molecular weight excluding hydrogens is 340 g/mol. The molecule has 0 amide bonds. The van der Waals surface area contributed by atoms with Crippen molar-refractivity contribution in [2.75, 3.05) is 17.6 Å². The van der Waals surface area contributed by atoms with E-state index in [1.54, 1.807) is 10.9 Å². The molecule has 7 nitrogen and oxygen atoms in total. The molecule has 0 aliphatic rings. The Kier molecular flexibility index (Phi) is 4.62. The first-order valence-electron chi connectivity index (χ1n) is 7.50. The van der Waals surface area contributed by atoms with E-state index in [1.807, 2.05) is 30.3 Å². The molecule has 0 unspecified atom stereocenters. The number of ether oxygens (including phenoxy) is 1. The number of aromatic nitrogens is 2. The van der Waals surface area contributed by atoms with Gasteiger partial charge in [-0.3, -0.25) is 9.40 Å². The van der Waals surface area contributed by atoms with E-state index in [0.29, 0.717) is 17.9 Å². The predicted octanol–water partition coefficient (Wildman–Crippen LogP) is 2.32. The Morgan fingerprint density at radius 3 is 2.68 bits per heavy atom. The second-order valence-electron chi connectivity index (χ2n) is 5.43. The zero-order valence-electron chi connectivity index (χ0n) is 13.6. The summed E-state index contributed by atoms with van der Waals surface area (Å²) in [7, 11) is -2.42. The second kappa shape index (κ2) is 6.86. The van der Waals surface area contributed by atoms with Gasteiger partial charge in [-0.05, 0) is 17.7 Å². The third kappa shape index (κ3) is 3.92. The van der Waals surface area contributed by atoms with Gasteiger partial charge < -0.3 is 10.5 Å². The molecule has 130 valence electrons. The smallest absolute Gasteiger partial charge is 0.265 e. The summed E-state index contributed by atoms with van der Waals surface area (Å²) in [5.74, 6) is 0.184. The Morgan fingerprint density at radius 1 is 1.20 bits per heavy atom. The molecule has 0 spiro atoms. The lowest BCUT2D eigenvalue weighted by molar-refractivity contribution is 0.403. The molecule has 0 aliphatic carbocycles. The summed E-state index contributed by atoms with van der Waals surface area (Å²) < 4.78 is 34.5. The molecule has 1 aromatic heterocycles. The molecule has 8 heteroatoms. The average molecular weight is 358 g/mol. The van der Waals surface area contributed by atoms with Crippen LogP contribution in [0.5, 0.6) is 5.75 Å². The maximum Gasteiger partial charge on any atom is 0.265 e. The molecule has 25 heavy (non-hydrogen) atoms. The minimum Gasteiger partial charge on any atom is -0.495 e. The number of nitrogens with one attached hydrogen (secondary N) is 1. The van der Waals surface area contributed by atoms with Crippen LogP contribution in [0, 0.1) is 0 Å². The Morgan fingerprint density at radius 2 is 1.96 bits per heavy atom. The Bertz CT molecular complexity index is 969. The van der Waals surface area contributed by atoms with E-state index in [4.69, 9.17) is 10.5 Å². The van der Waals surface area contributed by atoms with Crippen LogP contribution in [0.4, 0.5) is 11.4 Å². The van der Waals surface area contributed by atoms with Crippen LogP contribution in [-0.4, -0.2) is 25.3 Å². The summed E-state index contributed by atoms with van der Waals surface area (Å²) in [5.41, 5.74) is 7.53. The summed E-state index contributed by atoms with van der Waals surface area (Å²) in [6, 6.07) is 14.2. The van der Waals surface area contributed by atoms with Gasteiger partial charge in [0.1, 0.15) is 10.6 Å². The van der Waals surface area contributed by atoms with E-state index in [1.165, 1.54) is 31.5 Å². The highest BCUT2D eigenvalue weighted by Crippen LogP contribution is 2.27. The number of benzene rings is 2. The summed E-state index contributed by atoms with van der Waals surface area (Å²) in [6.07, 6.45) is 3.10. The van der Waals surface area contributed by atoms with Crippen molar-refractivity contribution in [3.05, 3.63) is 66.5 Å². The van der Waals surface area contributed by atoms with Gasteiger partial charge in [-0.2, -0.15) is 5.10 Å².